The molecule has 0 aromatic carbocycles. The Labute approximate surface area is 109 Å². The third kappa shape index (κ3) is 2.91. The van der Waals surface area contributed by atoms with Crippen LogP contribution in [0.15, 0.2) is 21.8 Å². The van der Waals surface area contributed by atoms with E-state index < -0.39 is 0 Å². The summed E-state index contributed by atoms with van der Waals surface area (Å²) < 4.78 is 5.58. The van der Waals surface area contributed by atoms with Crippen LogP contribution < -0.4 is 5.73 Å². The number of aromatic nitrogens is 1. The van der Waals surface area contributed by atoms with Gasteiger partial charge in [-0.25, -0.2) is 4.98 Å². The van der Waals surface area contributed by atoms with Gasteiger partial charge < -0.3 is 10.2 Å². The Morgan fingerprint density at radius 3 is 2.65 bits per heavy atom. The van der Waals surface area contributed by atoms with Gasteiger partial charge in [0.25, 0.3) is 5.22 Å². The normalized spacial score (nSPS) is 12.9. The van der Waals surface area contributed by atoms with Gasteiger partial charge in [0, 0.05) is 16.3 Å². The molecule has 0 fully saturated rings. The van der Waals surface area contributed by atoms with E-state index in [1.54, 1.807) is 23.1 Å². The first-order valence-corrected chi connectivity index (χ1v) is 7.17. The van der Waals surface area contributed by atoms with Gasteiger partial charge in [-0.3, -0.25) is 0 Å². The average molecular weight is 268 g/mol. The molecule has 1 unspecified atom stereocenters. The van der Waals surface area contributed by atoms with Crippen LogP contribution in [0.3, 0.4) is 0 Å². The second-order valence-corrected chi connectivity index (χ2v) is 6.39. The van der Waals surface area contributed by atoms with Crippen molar-refractivity contribution in [2.75, 3.05) is 6.54 Å². The Bertz CT molecular complexity index is 485. The summed E-state index contributed by atoms with van der Waals surface area (Å²) in [5.74, 6) is 0.880. The van der Waals surface area contributed by atoms with Crippen molar-refractivity contribution in [2.45, 2.75) is 31.2 Å². The molecule has 0 spiro atoms. The molecule has 3 nitrogen and oxygen atoms in total. The summed E-state index contributed by atoms with van der Waals surface area (Å²) in [5.41, 5.74) is 6.77. The number of aryl methyl sites for hydroxylation is 3. The molecule has 2 N–H and O–H groups in total. The van der Waals surface area contributed by atoms with Crippen molar-refractivity contribution in [3.63, 3.8) is 0 Å². The van der Waals surface area contributed by atoms with Gasteiger partial charge in [0.2, 0.25) is 0 Å². The Morgan fingerprint density at radius 1 is 1.41 bits per heavy atom. The molecule has 2 heterocycles. The van der Waals surface area contributed by atoms with Crippen molar-refractivity contribution in [1.29, 1.82) is 0 Å². The number of nitrogens with zero attached hydrogens (tertiary/aromatic N) is 1. The van der Waals surface area contributed by atoms with E-state index in [0.717, 1.165) is 11.5 Å². The molecule has 1 atom stereocenters. The molecule has 0 saturated heterocycles. The largest absolute Gasteiger partial charge is 0.437 e. The topological polar surface area (TPSA) is 52.0 Å². The number of thioether (sulfide) groups is 1. The number of rotatable bonds is 4. The highest BCUT2D eigenvalue weighted by atomic mass is 32.2. The van der Waals surface area contributed by atoms with Crippen molar-refractivity contribution in [1.82, 2.24) is 4.98 Å². The molecule has 0 aliphatic carbocycles. The summed E-state index contributed by atoms with van der Waals surface area (Å²) in [4.78, 5) is 6.96. The van der Waals surface area contributed by atoms with E-state index in [-0.39, 0.29) is 5.25 Å². The van der Waals surface area contributed by atoms with Crippen LogP contribution in [-0.2, 0) is 0 Å². The zero-order valence-corrected chi connectivity index (χ0v) is 11.8. The van der Waals surface area contributed by atoms with Gasteiger partial charge in [0.05, 0.1) is 10.9 Å². The van der Waals surface area contributed by atoms with Crippen molar-refractivity contribution in [2.24, 2.45) is 5.73 Å². The molecule has 2 aromatic rings. The maximum atomic E-state index is 5.82. The third-order valence-electron chi connectivity index (χ3n) is 2.54. The summed E-state index contributed by atoms with van der Waals surface area (Å²) in [7, 11) is 0. The second kappa shape index (κ2) is 5.25. The van der Waals surface area contributed by atoms with Crippen LogP contribution >= 0.6 is 23.1 Å². The van der Waals surface area contributed by atoms with Crippen LogP contribution in [0.5, 0.6) is 0 Å². The van der Waals surface area contributed by atoms with Crippen LogP contribution in [-0.4, -0.2) is 11.5 Å². The van der Waals surface area contributed by atoms with Crippen LogP contribution in [0.2, 0.25) is 0 Å². The Hall–Kier alpha value is -0.780. The highest BCUT2D eigenvalue weighted by Gasteiger charge is 2.17. The summed E-state index contributed by atoms with van der Waals surface area (Å²) in [6.07, 6.45) is 0. The van der Waals surface area contributed by atoms with E-state index in [1.807, 2.05) is 13.8 Å². The van der Waals surface area contributed by atoms with Gasteiger partial charge in [-0.15, -0.1) is 11.3 Å². The fraction of sp³-hybridized carbons (Fsp3) is 0.417. The molecule has 0 aliphatic rings. The lowest BCUT2D eigenvalue weighted by molar-refractivity contribution is 0.430. The Kier molecular flexibility index (Phi) is 3.91. The summed E-state index contributed by atoms with van der Waals surface area (Å²) in [6, 6.07) is 4.25. The van der Waals surface area contributed by atoms with E-state index in [0.29, 0.717) is 11.8 Å². The summed E-state index contributed by atoms with van der Waals surface area (Å²) >= 11 is 3.38. The molecule has 0 radical (unpaired) electrons. The number of nitrogens with two attached hydrogens (primary N) is 1. The van der Waals surface area contributed by atoms with Crippen LogP contribution in [0, 0.1) is 20.8 Å². The van der Waals surface area contributed by atoms with E-state index in [9.17, 15) is 0 Å². The molecule has 5 heteroatoms. The van der Waals surface area contributed by atoms with Crippen molar-refractivity contribution >= 4 is 23.1 Å². The minimum atomic E-state index is 0.228. The smallest absolute Gasteiger partial charge is 0.256 e. The minimum absolute atomic E-state index is 0.228. The molecular formula is C12H16N2OS2. The molecule has 0 amide bonds. The van der Waals surface area contributed by atoms with E-state index >= 15 is 0 Å². The number of hydrogen-bond acceptors (Lipinski definition) is 5. The second-order valence-electron chi connectivity index (χ2n) is 3.91. The number of thiophene rings is 1. The van der Waals surface area contributed by atoms with E-state index in [1.165, 1.54) is 9.75 Å². The zero-order chi connectivity index (χ0) is 12.4. The first-order valence-electron chi connectivity index (χ1n) is 5.47. The van der Waals surface area contributed by atoms with Gasteiger partial charge in [-0.2, -0.15) is 0 Å². The lowest BCUT2D eigenvalue weighted by Gasteiger charge is -2.09. The predicted octanol–water partition coefficient (Wildman–Crippen LogP) is 3.45. The monoisotopic (exact) mass is 268 g/mol. The average Bonchev–Trinajstić information content (AvgIpc) is 2.83. The molecule has 2 rings (SSSR count). The Balaban J connectivity index is 2.15. The first kappa shape index (κ1) is 12.7. The summed E-state index contributed by atoms with van der Waals surface area (Å²) in [6.45, 7) is 6.58. The van der Waals surface area contributed by atoms with Gasteiger partial charge >= 0.3 is 0 Å². The number of oxazole rings is 1. The molecule has 2 aromatic heterocycles. The third-order valence-corrected chi connectivity index (χ3v) is 4.92. The van der Waals surface area contributed by atoms with Gasteiger partial charge in [0.15, 0.2) is 0 Å². The lowest BCUT2D eigenvalue weighted by atomic mass is 10.3. The van der Waals surface area contributed by atoms with Crippen molar-refractivity contribution in [3.8, 4) is 0 Å². The molecule has 0 bridgehead atoms. The molecular weight excluding hydrogens is 252 g/mol. The quantitative estimate of drug-likeness (QED) is 0.863. The van der Waals surface area contributed by atoms with Gasteiger partial charge in [0.1, 0.15) is 5.76 Å². The van der Waals surface area contributed by atoms with Crippen LogP contribution in [0.1, 0.15) is 26.5 Å². The molecule has 92 valence electrons. The van der Waals surface area contributed by atoms with Crippen molar-refractivity contribution < 1.29 is 4.42 Å². The lowest BCUT2D eigenvalue weighted by Crippen LogP contribution is -2.07. The zero-order valence-electron chi connectivity index (χ0n) is 10.2. The van der Waals surface area contributed by atoms with Crippen molar-refractivity contribution in [3.05, 3.63) is 33.3 Å². The van der Waals surface area contributed by atoms with Gasteiger partial charge in [-0.05, 0) is 32.9 Å². The SMILES string of the molecule is Cc1ccc(C(CN)Sc2nc(C)c(C)o2)s1. The van der Waals surface area contributed by atoms with E-state index in [4.69, 9.17) is 10.2 Å². The molecule has 17 heavy (non-hydrogen) atoms. The van der Waals surface area contributed by atoms with Crippen LogP contribution in [0.4, 0.5) is 0 Å². The fourth-order valence-corrected chi connectivity index (χ4v) is 3.52. The highest BCUT2D eigenvalue weighted by molar-refractivity contribution is 7.99. The fourth-order valence-electron chi connectivity index (χ4n) is 1.46. The predicted molar refractivity (Wildman–Crippen MR) is 72.7 cm³/mol. The van der Waals surface area contributed by atoms with Crippen LogP contribution in [0.25, 0.3) is 0 Å². The standard InChI is InChI=1S/C12H16N2OS2/c1-7-4-5-10(16-7)11(6-13)17-12-14-8(2)9(3)15-12/h4-5,11H,6,13H2,1-3H3. The maximum Gasteiger partial charge on any atom is 0.256 e. The summed E-state index contributed by atoms with van der Waals surface area (Å²) in [5, 5.41) is 0.938. The van der Waals surface area contributed by atoms with Gasteiger partial charge in [-0.1, -0.05) is 11.8 Å². The maximum absolute atomic E-state index is 5.82. The molecule has 0 aliphatic heterocycles. The highest BCUT2D eigenvalue weighted by Crippen LogP contribution is 2.37. The Morgan fingerprint density at radius 2 is 2.18 bits per heavy atom. The van der Waals surface area contributed by atoms with E-state index in [2.05, 4.69) is 24.0 Å². The minimum Gasteiger partial charge on any atom is -0.437 e. The first-order chi connectivity index (χ1) is 8.10. The molecule has 0 saturated carbocycles. The number of hydrogen-bond donors (Lipinski definition) is 1.